The number of cyclic esters (lactones) is 3. The number of ether oxygens (including phenoxy) is 3. The molecular formula is C68H91N13O14S7. The van der Waals surface area contributed by atoms with Crippen molar-refractivity contribution < 1.29 is 67.0 Å². The highest BCUT2D eigenvalue weighted by atomic mass is 32.2. The number of thiol groups is 3. The van der Waals surface area contributed by atoms with E-state index in [0.717, 1.165) is 16.4 Å². The number of nitrogens with zero attached hydrogens (tertiary/aromatic N) is 6. The molecule has 9 atom stereocenters. The normalized spacial score (nSPS) is 26.9. The van der Waals surface area contributed by atoms with E-state index in [2.05, 4.69) is 105 Å². The second kappa shape index (κ2) is 39.9. The fraction of sp³-hybridized carbons (Fsp3) is 0.574. The Morgan fingerprint density at radius 1 is 0.608 bits per heavy atom. The van der Waals surface area contributed by atoms with Crippen LogP contribution in [0.25, 0.3) is 0 Å². The van der Waals surface area contributed by atoms with Crippen LogP contribution in [0.15, 0.2) is 90.3 Å². The molecule has 7 amide bonds. The molecule has 0 aromatic carbocycles. The molecule has 8 aliphatic rings. The van der Waals surface area contributed by atoms with Crippen LogP contribution in [-0.2, 0) is 73.5 Å². The highest BCUT2D eigenvalue weighted by Gasteiger charge is 2.44. The second-order valence-electron chi connectivity index (χ2n) is 26.1. The summed E-state index contributed by atoms with van der Waals surface area (Å²) in [6.45, 7) is 15.6. The van der Waals surface area contributed by atoms with Crippen molar-refractivity contribution in [3.63, 3.8) is 0 Å². The Hall–Kier alpha value is -6.85. The van der Waals surface area contributed by atoms with E-state index in [1.54, 1.807) is 44.2 Å². The van der Waals surface area contributed by atoms with Gasteiger partial charge in [0.15, 0.2) is 0 Å². The van der Waals surface area contributed by atoms with E-state index in [1.807, 2.05) is 65.2 Å². The third-order valence-electron chi connectivity index (χ3n) is 16.3. The van der Waals surface area contributed by atoms with E-state index in [0.29, 0.717) is 100 Å². The van der Waals surface area contributed by atoms with Crippen LogP contribution < -0.4 is 37.2 Å². The maximum atomic E-state index is 13.2. The van der Waals surface area contributed by atoms with Crippen molar-refractivity contribution in [2.24, 2.45) is 42.7 Å². The van der Waals surface area contributed by atoms with E-state index in [9.17, 15) is 52.7 Å². The molecular weight excluding hydrogens is 1450 g/mol. The average Bonchev–Trinajstić information content (AvgIpc) is 1.65. The van der Waals surface area contributed by atoms with Gasteiger partial charge in [-0.25, -0.2) is 19.4 Å². The number of carbonyl (C=O) groups is 11. The molecule has 554 valence electrons. The lowest BCUT2D eigenvalue weighted by Crippen LogP contribution is -2.53. The molecule has 12 bridgehead atoms. The molecule has 0 unspecified atom stereocenters. The summed E-state index contributed by atoms with van der Waals surface area (Å²) in [6.07, 6.45) is 14.6. The molecule has 34 heteroatoms. The maximum absolute atomic E-state index is 13.2. The molecule has 102 heavy (non-hydrogen) atoms. The summed E-state index contributed by atoms with van der Waals surface area (Å²) < 4.78 is 17.0. The van der Waals surface area contributed by atoms with Crippen LogP contribution in [0.4, 0.5) is 0 Å². The SMILES string of the molecule is CC(C)[C@@H]1NC(=O)[C@@H]2CSC(=N2)c2csc(n2)CNC(=O)C[C@@H](/C=C/CCS)OC1=O.CC(C)[C@@H]1NC(=O)[C@]2(C)CSC(=N2)C2=CCC(=N2)CNC(=O)C[C@@H](/C=C/CCC(=O)CS)OC1=O.CC(C)[C@@H]1NC(=O)[C@]2(C)CSC(=N2)C2=CCC(=N2)CNC(=O)C[C@@H](/C=C/CCNC(=O)CS)OC1=O. The van der Waals surface area contributed by atoms with Crippen molar-refractivity contribution in [2.45, 2.75) is 173 Å². The first-order valence-electron chi connectivity index (χ1n) is 33.7. The van der Waals surface area contributed by atoms with E-state index in [-0.39, 0.29) is 115 Å². The molecule has 27 nitrogen and oxygen atoms in total. The lowest BCUT2D eigenvalue weighted by molar-refractivity contribution is -0.154. The van der Waals surface area contributed by atoms with E-state index in [4.69, 9.17) is 14.2 Å². The number of amides is 7. The number of aromatic nitrogens is 1. The fourth-order valence-electron chi connectivity index (χ4n) is 10.4. The van der Waals surface area contributed by atoms with Gasteiger partial charge in [-0.1, -0.05) is 71.9 Å². The van der Waals surface area contributed by atoms with Gasteiger partial charge in [-0.2, -0.15) is 37.9 Å². The summed E-state index contributed by atoms with van der Waals surface area (Å²) in [5.74, 6) is -2.32. The highest BCUT2D eigenvalue weighted by molar-refractivity contribution is 8.15. The minimum atomic E-state index is -1.03. The van der Waals surface area contributed by atoms with Gasteiger partial charge in [0.2, 0.25) is 41.4 Å². The predicted molar refractivity (Wildman–Crippen MR) is 409 cm³/mol. The van der Waals surface area contributed by atoms with Crippen LogP contribution in [0.1, 0.15) is 124 Å². The summed E-state index contributed by atoms with van der Waals surface area (Å²) in [4.78, 5) is 166. The number of thiazole rings is 1. The van der Waals surface area contributed by atoms with Crippen LogP contribution in [0.5, 0.6) is 0 Å². The van der Waals surface area contributed by atoms with Crippen molar-refractivity contribution in [3.05, 3.63) is 76.1 Å². The molecule has 9 rings (SSSR count). The summed E-state index contributed by atoms with van der Waals surface area (Å²) in [5, 5.41) is 24.3. The Balaban J connectivity index is 0.000000215. The number of rotatable bonds is 16. The van der Waals surface area contributed by atoms with E-state index >= 15 is 0 Å². The van der Waals surface area contributed by atoms with Crippen molar-refractivity contribution in [1.29, 1.82) is 0 Å². The van der Waals surface area contributed by atoms with Gasteiger partial charge in [0, 0.05) is 65.6 Å². The van der Waals surface area contributed by atoms with Crippen LogP contribution in [0.2, 0.25) is 0 Å². The summed E-state index contributed by atoms with van der Waals surface area (Å²) in [5.41, 5.74) is 1.63. The Morgan fingerprint density at radius 2 is 1.07 bits per heavy atom. The molecule has 7 N–H and O–H groups in total. The standard InChI is InChI=1S/C24H33N5O5S2.C24H32N4O5S2.C20H26N4O4S3/c1-14(2)20-22(32)34-16(6-4-5-9-25-19(31)12-35)10-18(30)26-11-15-7-8-17(27-15)21-29-24(3,13-36-21)23(33)28-20;1-14(2)20-22(31)33-17(7-5-4-6-16(29)12-34)10-19(30)25-11-15-8-9-18(26-15)21-28-24(3,13-35-21)23(32)27-20;1-11(2)17-20(27)28-12(5-3-4-6-29)7-15(25)21-8-16-22-14(10-30-16)19-23-13(9-31-19)18(26)24-17/h4,6,8,14,16,20,35H,5,7,9-13H2,1-3H3,(H,25,31)(H,26,30)(H,28,33);5,7,9,14,17,20,34H,4,6,8,10-13H2,1-3H3,(H,25,30)(H,27,32);3,5,10-13,17,29H,4,6-9H2,1-2H3,(H,21,25)(H,24,26)/b6-4+;7-5+;5-3+/t16-,20+,24+;17-,20+,24+;12-,13+,17+/m111/s1. The minimum Gasteiger partial charge on any atom is -0.456 e. The number of nitrogens with one attached hydrogen (secondary N) is 7. The van der Waals surface area contributed by atoms with Gasteiger partial charge >= 0.3 is 17.9 Å². The average molecular weight is 1540 g/mol. The van der Waals surface area contributed by atoms with Crippen molar-refractivity contribution in [1.82, 2.24) is 42.2 Å². The molecule has 1 aromatic rings. The first kappa shape index (κ1) is 82.4. The third-order valence-corrected chi connectivity index (χ3v) is 21.7. The number of carbonyl (C=O) groups excluding carboxylic acids is 11. The van der Waals surface area contributed by atoms with Crippen molar-refractivity contribution in [2.75, 3.05) is 54.2 Å². The molecule has 0 saturated carbocycles. The van der Waals surface area contributed by atoms with Crippen molar-refractivity contribution >= 4 is 176 Å². The number of allylic oxidation sites excluding steroid dienone is 4. The third kappa shape index (κ3) is 24.9. The quantitative estimate of drug-likeness (QED) is 0.0336. The highest BCUT2D eigenvalue weighted by Crippen LogP contribution is 2.35. The van der Waals surface area contributed by atoms with Crippen LogP contribution in [-0.4, -0.2) is 204 Å². The molecule has 1 aromatic heterocycles. The molecule has 0 saturated heterocycles. The fourth-order valence-corrected chi connectivity index (χ4v) is 14.9. The maximum Gasteiger partial charge on any atom is 0.329 e. The summed E-state index contributed by atoms with van der Waals surface area (Å²) in [7, 11) is 0. The Labute approximate surface area is 627 Å². The predicted octanol–water partition coefficient (Wildman–Crippen LogP) is 5.16. The van der Waals surface area contributed by atoms with Gasteiger partial charge < -0.3 is 51.4 Å². The van der Waals surface area contributed by atoms with Gasteiger partial charge in [0.1, 0.15) is 85.2 Å². The Kier molecular flexibility index (Phi) is 32.2. The van der Waals surface area contributed by atoms with Crippen LogP contribution in [0, 0.1) is 17.8 Å². The molecule has 0 aliphatic carbocycles. The first-order valence-corrected chi connectivity index (χ1v) is 39.4. The number of hydrogen-bond acceptors (Lipinski definition) is 27. The topological polar surface area (TPSA) is 374 Å². The number of aliphatic imine (C=N–C) groups is 5. The Bertz CT molecular complexity index is 3640. The van der Waals surface area contributed by atoms with Crippen LogP contribution in [0.3, 0.4) is 0 Å². The molecule has 8 aliphatic heterocycles. The van der Waals surface area contributed by atoms with Gasteiger partial charge in [0.05, 0.1) is 56.0 Å². The van der Waals surface area contributed by atoms with Gasteiger partial charge in [-0.15, -0.1) is 46.6 Å². The lowest BCUT2D eigenvalue weighted by atomic mass is 10.0. The molecule has 0 radical (unpaired) electrons. The Morgan fingerprint density at radius 3 is 1.53 bits per heavy atom. The van der Waals surface area contributed by atoms with Gasteiger partial charge in [0.25, 0.3) is 0 Å². The zero-order valence-electron chi connectivity index (χ0n) is 58.3. The number of esters is 3. The first-order chi connectivity index (χ1) is 48.6. The number of Topliss-reactive ketones (excluding diaryl/α,β-unsaturated/α-hetero) is 1. The summed E-state index contributed by atoms with van der Waals surface area (Å²) in [6, 6.07) is -3.23. The number of ketones is 1. The largest absolute Gasteiger partial charge is 0.456 e. The van der Waals surface area contributed by atoms with E-state index < -0.39 is 71.5 Å². The number of thioether (sulfide) groups is 3. The number of hydrogen-bond donors (Lipinski definition) is 10. The van der Waals surface area contributed by atoms with Gasteiger partial charge in [-0.3, -0.25) is 63.3 Å². The van der Waals surface area contributed by atoms with Gasteiger partial charge in [-0.05, 0) is 74.8 Å². The zero-order valence-corrected chi connectivity index (χ0v) is 64.2. The smallest absolute Gasteiger partial charge is 0.329 e. The molecule has 9 heterocycles. The number of fused-ring (bicyclic) bond motifs is 10. The zero-order chi connectivity index (χ0) is 74.3. The molecule has 0 fully saturated rings. The van der Waals surface area contributed by atoms with Crippen molar-refractivity contribution in [3.8, 4) is 0 Å². The van der Waals surface area contributed by atoms with Crippen LogP contribution >= 0.6 is 84.5 Å². The minimum absolute atomic E-state index is 0.00278. The monoisotopic (exact) mass is 1540 g/mol. The second-order valence-corrected chi connectivity index (χ2v) is 31.1. The summed E-state index contributed by atoms with van der Waals surface area (Å²) >= 11 is 17.8. The van der Waals surface area contributed by atoms with E-state index in [1.165, 1.54) is 46.6 Å². The molecule has 0 spiro atoms. The lowest BCUT2D eigenvalue weighted by Gasteiger charge is -2.27.